The number of hydrogen-bond acceptors (Lipinski definition) is 5. The van der Waals surface area contributed by atoms with Gasteiger partial charge in [-0.1, -0.05) is 18.2 Å². The normalized spacial score (nSPS) is 16.4. The first-order chi connectivity index (χ1) is 11.1. The van der Waals surface area contributed by atoms with Crippen LogP contribution in [0.1, 0.15) is 17.2 Å². The van der Waals surface area contributed by atoms with Crippen molar-refractivity contribution in [2.45, 2.75) is 5.92 Å². The summed E-state index contributed by atoms with van der Waals surface area (Å²) in [7, 11) is 6.25. The molecule has 2 aromatic rings. The Morgan fingerprint density at radius 1 is 1.17 bits per heavy atom. The van der Waals surface area contributed by atoms with Crippen LogP contribution in [0.3, 0.4) is 0 Å². The molecular weight excluding hydrogens is 296 g/mol. The van der Waals surface area contributed by atoms with Gasteiger partial charge in [0, 0.05) is 30.6 Å². The van der Waals surface area contributed by atoms with Crippen LogP contribution >= 0.6 is 0 Å². The van der Waals surface area contributed by atoms with E-state index in [1.807, 2.05) is 35.9 Å². The molecule has 6 heteroatoms. The molecule has 0 amide bonds. The number of benzene rings is 1. The van der Waals surface area contributed by atoms with Gasteiger partial charge in [-0.2, -0.15) is 0 Å². The largest absolute Gasteiger partial charge is 0.468 e. The number of ether oxygens (including phenoxy) is 2. The molecule has 6 nitrogen and oxygen atoms in total. The van der Waals surface area contributed by atoms with Crippen molar-refractivity contribution in [3.05, 3.63) is 41.1 Å². The molecule has 0 radical (unpaired) electrons. The van der Waals surface area contributed by atoms with Crippen molar-refractivity contribution in [1.29, 1.82) is 0 Å². The average Bonchev–Trinajstić information content (AvgIpc) is 3.07. The number of carbonyl (C=O) groups excluding carboxylic acids is 2. The van der Waals surface area contributed by atoms with Crippen LogP contribution in [0.2, 0.25) is 0 Å². The molecule has 1 aliphatic rings. The molecule has 0 spiro atoms. The number of aryl methyl sites for hydroxylation is 1. The zero-order valence-electron chi connectivity index (χ0n) is 13.5. The fourth-order valence-electron chi connectivity index (χ4n) is 3.37. The van der Waals surface area contributed by atoms with Crippen LogP contribution < -0.4 is 5.32 Å². The summed E-state index contributed by atoms with van der Waals surface area (Å²) in [5.74, 6) is -1.81. The minimum atomic E-state index is -0.795. The van der Waals surface area contributed by atoms with E-state index < -0.39 is 17.9 Å². The smallest absolute Gasteiger partial charge is 0.337 e. The maximum Gasteiger partial charge on any atom is 0.337 e. The predicted octanol–water partition coefficient (Wildman–Crippen LogP) is 1.55. The molecule has 1 aromatic carbocycles. The number of aromatic nitrogens is 1. The van der Waals surface area contributed by atoms with Gasteiger partial charge in [0.15, 0.2) is 0 Å². The molecule has 0 saturated heterocycles. The molecule has 1 N–H and O–H groups in total. The van der Waals surface area contributed by atoms with Crippen LogP contribution in [0.4, 0.5) is 0 Å². The minimum absolute atomic E-state index is 0.285. The Kier molecular flexibility index (Phi) is 3.60. The SMILES string of the molecule is CNC1=C(C(=O)OC)C(C(=O)OC)c2c1n(C)c1ccccc21. The molecule has 0 aliphatic heterocycles. The second kappa shape index (κ2) is 5.46. The van der Waals surface area contributed by atoms with Crippen LogP contribution in [0, 0.1) is 0 Å². The molecule has 0 fully saturated rings. The summed E-state index contributed by atoms with van der Waals surface area (Å²) < 4.78 is 11.8. The van der Waals surface area contributed by atoms with E-state index in [1.165, 1.54) is 14.2 Å². The summed E-state index contributed by atoms with van der Waals surface area (Å²) in [5, 5.41) is 3.97. The summed E-state index contributed by atoms with van der Waals surface area (Å²) in [6.45, 7) is 0. The Morgan fingerprint density at radius 2 is 1.87 bits per heavy atom. The highest BCUT2D eigenvalue weighted by Crippen LogP contribution is 2.46. The third-order valence-electron chi connectivity index (χ3n) is 4.32. The summed E-state index contributed by atoms with van der Waals surface area (Å²) >= 11 is 0. The van der Waals surface area contributed by atoms with E-state index in [0.717, 1.165) is 22.2 Å². The summed E-state index contributed by atoms with van der Waals surface area (Å²) in [6.07, 6.45) is 0. The van der Waals surface area contributed by atoms with Crippen molar-refractivity contribution in [3.8, 4) is 0 Å². The average molecular weight is 314 g/mol. The molecule has 1 heterocycles. The molecule has 3 rings (SSSR count). The van der Waals surface area contributed by atoms with E-state index in [1.54, 1.807) is 7.05 Å². The van der Waals surface area contributed by atoms with Crippen LogP contribution in [-0.4, -0.2) is 37.8 Å². The Hall–Kier alpha value is -2.76. The van der Waals surface area contributed by atoms with Crippen LogP contribution in [0.25, 0.3) is 16.6 Å². The fraction of sp³-hybridized carbons (Fsp3) is 0.294. The number of carbonyl (C=O) groups is 2. The number of nitrogens with zero attached hydrogens (tertiary/aromatic N) is 1. The molecule has 0 bridgehead atoms. The van der Waals surface area contributed by atoms with Gasteiger partial charge in [-0.25, -0.2) is 4.79 Å². The van der Waals surface area contributed by atoms with Gasteiger partial charge in [0.05, 0.1) is 31.2 Å². The Labute approximate surface area is 133 Å². The standard InChI is InChI=1S/C17H18N2O4/c1-18-14-13(17(21)23-4)12(16(20)22-3)11-9-7-5-6-8-10(9)19(2)15(11)14/h5-8,12,18H,1-4H3. The van der Waals surface area contributed by atoms with Gasteiger partial charge >= 0.3 is 11.9 Å². The summed E-state index contributed by atoms with van der Waals surface area (Å²) in [5.41, 5.74) is 3.46. The molecule has 23 heavy (non-hydrogen) atoms. The lowest BCUT2D eigenvalue weighted by Gasteiger charge is -2.13. The molecule has 1 aliphatic carbocycles. The van der Waals surface area contributed by atoms with E-state index in [2.05, 4.69) is 5.32 Å². The number of para-hydroxylation sites is 1. The van der Waals surface area contributed by atoms with E-state index in [0.29, 0.717) is 5.70 Å². The zero-order valence-corrected chi connectivity index (χ0v) is 13.5. The summed E-state index contributed by atoms with van der Waals surface area (Å²) in [6, 6.07) is 7.77. The van der Waals surface area contributed by atoms with Gasteiger partial charge in [0.1, 0.15) is 5.92 Å². The zero-order chi connectivity index (χ0) is 16.7. The number of rotatable bonds is 3. The monoisotopic (exact) mass is 314 g/mol. The van der Waals surface area contributed by atoms with Gasteiger partial charge in [0.25, 0.3) is 0 Å². The number of hydrogen-bond donors (Lipinski definition) is 1. The van der Waals surface area contributed by atoms with Gasteiger partial charge < -0.3 is 19.4 Å². The summed E-state index contributed by atoms with van der Waals surface area (Å²) in [4.78, 5) is 24.7. The molecule has 1 atom stereocenters. The van der Waals surface area contributed by atoms with Gasteiger partial charge in [-0.3, -0.25) is 4.79 Å². The quantitative estimate of drug-likeness (QED) is 0.871. The van der Waals surface area contributed by atoms with Gasteiger partial charge in [-0.15, -0.1) is 0 Å². The first kappa shape index (κ1) is 15.1. The number of fused-ring (bicyclic) bond motifs is 3. The maximum absolute atomic E-state index is 12.4. The third-order valence-corrected chi connectivity index (χ3v) is 4.32. The molecule has 120 valence electrons. The van der Waals surface area contributed by atoms with Gasteiger partial charge in [0.2, 0.25) is 0 Å². The first-order valence-electron chi connectivity index (χ1n) is 7.22. The van der Waals surface area contributed by atoms with Crippen LogP contribution in [0.5, 0.6) is 0 Å². The Bertz CT molecular complexity index is 848. The molecule has 1 unspecified atom stereocenters. The highest BCUT2D eigenvalue weighted by molar-refractivity contribution is 6.12. The minimum Gasteiger partial charge on any atom is -0.468 e. The Morgan fingerprint density at radius 3 is 2.48 bits per heavy atom. The molecule has 1 aromatic heterocycles. The lowest BCUT2D eigenvalue weighted by atomic mass is 9.94. The second-order valence-corrected chi connectivity index (χ2v) is 5.32. The van der Waals surface area contributed by atoms with Crippen molar-refractivity contribution in [2.24, 2.45) is 7.05 Å². The van der Waals surface area contributed by atoms with Crippen molar-refractivity contribution in [3.63, 3.8) is 0 Å². The number of methoxy groups -OCH3 is 2. The van der Waals surface area contributed by atoms with Crippen molar-refractivity contribution in [1.82, 2.24) is 9.88 Å². The predicted molar refractivity (Wildman–Crippen MR) is 85.7 cm³/mol. The van der Waals surface area contributed by atoms with E-state index in [4.69, 9.17) is 9.47 Å². The van der Waals surface area contributed by atoms with Crippen LogP contribution in [0.15, 0.2) is 29.8 Å². The lowest BCUT2D eigenvalue weighted by Crippen LogP contribution is -2.21. The van der Waals surface area contributed by atoms with Crippen molar-refractivity contribution in [2.75, 3.05) is 21.3 Å². The topological polar surface area (TPSA) is 69.6 Å². The van der Waals surface area contributed by atoms with E-state index in [-0.39, 0.29) is 5.57 Å². The van der Waals surface area contributed by atoms with E-state index >= 15 is 0 Å². The molecule has 0 saturated carbocycles. The lowest BCUT2D eigenvalue weighted by molar-refractivity contribution is -0.144. The maximum atomic E-state index is 12.4. The third kappa shape index (κ3) is 1.94. The van der Waals surface area contributed by atoms with E-state index in [9.17, 15) is 9.59 Å². The number of esters is 2. The van der Waals surface area contributed by atoms with Crippen LogP contribution in [-0.2, 0) is 26.1 Å². The highest BCUT2D eigenvalue weighted by Gasteiger charge is 2.44. The van der Waals surface area contributed by atoms with Crippen molar-refractivity contribution >= 4 is 28.5 Å². The molecular formula is C17H18N2O4. The van der Waals surface area contributed by atoms with Crippen molar-refractivity contribution < 1.29 is 19.1 Å². The highest BCUT2D eigenvalue weighted by atomic mass is 16.5. The number of nitrogens with one attached hydrogen (secondary N) is 1. The second-order valence-electron chi connectivity index (χ2n) is 5.32. The first-order valence-corrected chi connectivity index (χ1v) is 7.22. The Balaban J connectivity index is 2.40. The van der Waals surface area contributed by atoms with Gasteiger partial charge in [-0.05, 0) is 6.07 Å². The fourth-order valence-corrected chi connectivity index (χ4v) is 3.37.